The van der Waals surface area contributed by atoms with Crippen molar-refractivity contribution in [3.8, 4) is 0 Å². The molecule has 2 aromatic carbocycles. The average Bonchev–Trinajstić information content (AvgIpc) is 3.34. The number of para-hydroxylation sites is 1. The first-order chi connectivity index (χ1) is 10.2. The molecule has 0 unspecified atom stereocenters. The summed E-state index contributed by atoms with van der Waals surface area (Å²) in [7, 11) is 0. The number of carbonyl (C=O) groups excluding carboxylic acids is 1. The first-order valence-corrected chi connectivity index (χ1v) is 7.69. The highest BCUT2D eigenvalue weighted by Crippen LogP contribution is 2.37. The monoisotopic (exact) mass is 299 g/mol. The van der Waals surface area contributed by atoms with Crippen molar-refractivity contribution in [2.24, 2.45) is 5.92 Å². The van der Waals surface area contributed by atoms with Gasteiger partial charge in [-0.2, -0.15) is 0 Å². The Morgan fingerprint density at radius 2 is 1.71 bits per heavy atom. The van der Waals surface area contributed by atoms with E-state index in [2.05, 4.69) is 6.92 Å². The van der Waals surface area contributed by atoms with Crippen molar-refractivity contribution in [1.29, 1.82) is 0 Å². The van der Waals surface area contributed by atoms with Crippen molar-refractivity contribution in [1.82, 2.24) is 0 Å². The van der Waals surface area contributed by atoms with E-state index >= 15 is 0 Å². The molecule has 3 rings (SSSR count). The molecule has 0 heterocycles. The lowest BCUT2D eigenvalue weighted by atomic mass is 10.1. The van der Waals surface area contributed by atoms with E-state index in [-0.39, 0.29) is 11.9 Å². The predicted molar refractivity (Wildman–Crippen MR) is 86.9 cm³/mol. The number of carbonyl (C=O) groups is 1. The van der Waals surface area contributed by atoms with Gasteiger partial charge in [-0.1, -0.05) is 29.8 Å². The van der Waals surface area contributed by atoms with Crippen molar-refractivity contribution >= 4 is 23.2 Å². The summed E-state index contributed by atoms with van der Waals surface area (Å²) in [5, 5.41) is 0.646. The van der Waals surface area contributed by atoms with Crippen LogP contribution in [0.2, 0.25) is 5.02 Å². The Morgan fingerprint density at radius 1 is 1.10 bits per heavy atom. The number of amides is 1. The van der Waals surface area contributed by atoms with Gasteiger partial charge in [0.25, 0.3) is 5.91 Å². The lowest BCUT2D eigenvalue weighted by Crippen LogP contribution is -2.40. The number of hydrogen-bond acceptors (Lipinski definition) is 1. The number of hydrogen-bond donors (Lipinski definition) is 0. The van der Waals surface area contributed by atoms with E-state index in [1.54, 1.807) is 24.3 Å². The summed E-state index contributed by atoms with van der Waals surface area (Å²) in [5.74, 6) is 0.652. The number of benzene rings is 2. The maximum Gasteiger partial charge on any atom is 0.258 e. The lowest BCUT2D eigenvalue weighted by Gasteiger charge is -2.29. The van der Waals surface area contributed by atoms with Gasteiger partial charge in [0.2, 0.25) is 0 Å². The Kier molecular flexibility index (Phi) is 3.98. The third-order valence-corrected chi connectivity index (χ3v) is 4.31. The Morgan fingerprint density at radius 3 is 2.29 bits per heavy atom. The minimum Gasteiger partial charge on any atom is -0.305 e. The number of halogens is 1. The second-order valence-corrected chi connectivity index (χ2v) is 6.03. The zero-order valence-corrected chi connectivity index (χ0v) is 12.8. The fourth-order valence-electron chi connectivity index (χ4n) is 2.65. The summed E-state index contributed by atoms with van der Waals surface area (Å²) in [6.07, 6.45) is 2.41. The van der Waals surface area contributed by atoms with Gasteiger partial charge in [0.05, 0.1) is 0 Å². The third-order valence-electron chi connectivity index (χ3n) is 4.06. The largest absolute Gasteiger partial charge is 0.305 e. The van der Waals surface area contributed by atoms with Crippen LogP contribution in [-0.4, -0.2) is 11.9 Å². The Bertz CT molecular complexity index is 619. The van der Waals surface area contributed by atoms with Crippen LogP contribution in [0.3, 0.4) is 0 Å². The molecule has 1 aliphatic carbocycles. The zero-order chi connectivity index (χ0) is 14.8. The molecule has 1 fully saturated rings. The minimum atomic E-state index is 0.0391. The molecular weight excluding hydrogens is 282 g/mol. The molecule has 0 spiro atoms. The zero-order valence-electron chi connectivity index (χ0n) is 12.0. The number of rotatable bonds is 4. The fraction of sp³-hybridized carbons (Fsp3) is 0.278. The van der Waals surface area contributed by atoms with E-state index in [1.807, 2.05) is 35.2 Å². The standard InChI is InChI=1S/C18H18ClNO/c1-13(14-7-8-14)20(17-5-3-2-4-6-17)18(21)15-9-11-16(19)12-10-15/h2-6,9-14H,7-8H2,1H3/t13-/m0/s1. The van der Waals surface area contributed by atoms with E-state index < -0.39 is 0 Å². The molecule has 2 nitrogen and oxygen atoms in total. The van der Waals surface area contributed by atoms with E-state index in [9.17, 15) is 4.79 Å². The summed E-state index contributed by atoms with van der Waals surface area (Å²) in [6.45, 7) is 2.14. The van der Waals surface area contributed by atoms with E-state index in [0.29, 0.717) is 16.5 Å². The van der Waals surface area contributed by atoms with Gasteiger partial charge >= 0.3 is 0 Å². The van der Waals surface area contributed by atoms with E-state index in [1.165, 1.54) is 12.8 Å². The van der Waals surface area contributed by atoms with Crippen LogP contribution >= 0.6 is 11.6 Å². The summed E-state index contributed by atoms with van der Waals surface area (Å²) in [4.78, 5) is 14.8. The van der Waals surface area contributed by atoms with Gasteiger partial charge in [0, 0.05) is 22.3 Å². The van der Waals surface area contributed by atoms with Crippen LogP contribution in [0.1, 0.15) is 30.1 Å². The normalized spacial score (nSPS) is 15.5. The Labute approximate surface area is 130 Å². The SMILES string of the molecule is C[C@@H](C1CC1)N(C(=O)c1ccc(Cl)cc1)c1ccccc1. The molecule has 1 aliphatic rings. The number of anilines is 1. The molecule has 108 valence electrons. The molecule has 1 atom stereocenters. The topological polar surface area (TPSA) is 20.3 Å². The summed E-state index contributed by atoms with van der Waals surface area (Å²) in [5.41, 5.74) is 1.63. The molecule has 1 saturated carbocycles. The molecule has 21 heavy (non-hydrogen) atoms. The van der Waals surface area contributed by atoms with Crippen LogP contribution in [0.25, 0.3) is 0 Å². The van der Waals surface area contributed by atoms with Gasteiger partial charge in [-0.3, -0.25) is 4.79 Å². The average molecular weight is 300 g/mol. The van der Waals surface area contributed by atoms with Crippen LogP contribution in [0, 0.1) is 5.92 Å². The predicted octanol–water partition coefficient (Wildman–Crippen LogP) is 4.79. The van der Waals surface area contributed by atoms with Gasteiger partial charge < -0.3 is 4.90 Å². The van der Waals surface area contributed by atoms with Crippen LogP contribution in [0.4, 0.5) is 5.69 Å². The van der Waals surface area contributed by atoms with Gasteiger partial charge in [-0.05, 0) is 62.1 Å². The van der Waals surface area contributed by atoms with Crippen LogP contribution in [0.5, 0.6) is 0 Å². The Balaban J connectivity index is 1.94. The maximum absolute atomic E-state index is 12.9. The summed E-state index contributed by atoms with van der Waals surface area (Å²) >= 11 is 5.91. The van der Waals surface area contributed by atoms with Gasteiger partial charge in [0.1, 0.15) is 0 Å². The molecule has 3 heteroatoms. The molecular formula is C18H18ClNO. The Hall–Kier alpha value is -1.80. The van der Waals surface area contributed by atoms with Crippen LogP contribution in [0.15, 0.2) is 54.6 Å². The maximum atomic E-state index is 12.9. The molecule has 2 aromatic rings. The smallest absolute Gasteiger partial charge is 0.258 e. The summed E-state index contributed by atoms with van der Waals surface area (Å²) in [6, 6.07) is 17.2. The fourth-order valence-corrected chi connectivity index (χ4v) is 2.77. The molecule has 0 radical (unpaired) electrons. The highest BCUT2D eigenvalue weighted by Gasteiger charge is 2.35. The molecule has 0 saturated heterocycles. The van der Waals surface area contributed by atoms with Gasteiger partial charge in [-0.15, -0.1) is 0 Å². The molecule has 1 amide bonds. The van der Waals surface area contributed by atoms with Crippen molar-refractivity contribution in [2.75, 3.05) is 4.90 Å². The van der Waals surface area contributed by atoms with Crippen LogP contribution < -0.4 is 4.90 Å². The molecule has 0 N–H and O–H groups in total. The second-order valence-electron chi connectivity index (χ2n) is 5.60. The van der Waals surface area contributed by atoms with Crippen molar-refractivity contribution in [2.45, 2.75) is 25.8 Å². The van der Waals surface area contributed by atoms with Crippen LogP contribution in [-0.2, 0) is 0 Å². The lowest BCUT2D eigenvalue weighted by molar-refractivity contribution is 0.0975. The van der Waals surface area contributed by atoms with E-state index in [0.717, 1.165) is 5.69 Å². The molecule has 0 aliphatic heterocycles. The molecule has 0 aromatic heterocycles. The second kappa shape index (κ2) is 5.90. The van der Waals surface area contributed by atoms with E-state index in [4.69, 9.17) is 11.6 Å². The highest BCUT2D eigenvalue weighted by atomic mass is 35.5. The van der Waals surface area contributed by atoms with Crippen molar-refractivity contribution in [3.63, 3.8) is 0 Å². The van der Waals surface area contributed by atoms with Gasteiger partial charge in [-0.25, -0.2) is 0 Å². The van der Waals surface area contributed by atoms with Crippen molar-refractivity contribution < 1.29 is 4.79 Å². The van der Waals surface area contributed by atoms with Gasteiger partial charge in [0.15, 0.2) is 0 Å². The summed E-state index contributed by atoms with van der Waals surface area (Å²) < 4.78 is 0. The number of nitrogens with zero attached hydrogens (tertiary/aromatic N) is 1. The first kappa shape index (κ1) is 14.2. The quantitative estimate of drug-likeness (QED) is 0.795. The first-order valence-electron chi connectivity index (χ1n) is 7.31. The third kappa shape index (κ3) is 3.11. The highest BCUT2D eigenvalue weighted by molar-refractivity contribution is 6.30. The molecule has 0 bridgehead atoms. The van der Waals surface area contributed by atoms with Crippen molar-refractivity contribution in [3.05, 3.63) is 65.2 Å². The minimum absolute atomic E-state index is 0.0391.